The summed E-state index contributed by atoms with van der Waals surface area (Å²) in [5.41, 5.74) is 3.92. The summed E-state index contributed by atoms with van der Waals surface area (Å²) in [5.74, 6) is 2.51. The van der Waals surface area contributed by atoms with Gasteiger partial charge in [-0.3, -0.25) is 0 Å². The summed E-state index contributed by atoms with van der Waals surface area (Å²) in [7, 11) is 3.37. The monoisotopic (exact) mass is 314 g/mol. The Bertz CT molecular complexity index is 667. The highest BCUT2D eigenvalue weighted by molar-refractivity contribution is 5.50. The van der Waals surface area contributed by atoms with E-state index in [2.05, 4.69) is 29.6 Å². The maximum absolute atomic E-state index is 5.54. The van der Waals surface area contributed by atoms with Crippen LogP contribution in [0.5, 0.6) is 17.2 Å². The topological polar surface area (TPSA) is 44.3 Å². The summed E-state index contributed by atoms with van der Waals surface area (Å²) in [5, 5.41) is 2.38. The van der Waals surface area contributed by atoms with Crippen LogP contribution in [-0.4, -0.2) is 27.4 Å². The first kappa shape index (κ1) is 15.7. The zero-order valence-electron chi connectivity index (χ0n) is 14.0. The molecule has 2 N–H and O–H groups in total. The zero-order valence-corrected chi connectivity index (χ0v) is 14.0. The van der Waals surface area contributed by atoms with E-state index in [1.54, 1.807) is 14.2 Å². The summed E-state index contributed by atoms with van der Waals surface area (Å²) < 4.78 is 16.5. The summed E-state index contributed by atoms with van der Waals surface area (Å²) in [6, 6.07) is 12.9. The Morgan fingerprint density at radius 2 is 1.74 bits per heavy atom. The molecule has 0 fully saturated rings. The van der Waals surface area contributed by atoms with Gasteiger partial charge in [0.25, 0.3) is 0 Å². The van der Waals surface area contributed by atoms with Gasteiger partial charge < -0.3 is 19.5 Å². The third kappa shape index (κ3) is 3.13. The van der Waals surface area contributed by atoms with Crippen molar-refractivity contribution in [2.45, 2.75) is 19.4 Å². The minimum atomic E-state index is 0.286. The van der Waals surface area contributed by atoms with Gasteiger partial charge in [0.05, 0.1) is 27.4 Å². The molecular formula is C19H24NO3+. The van der Waals surface area contributed by atoms with E-state index in [0.29, 0.717) is 6.61 Å². The Hall–Kier alpha value is -2.20. The fourth-order valence-corrected chi connectivity index (χ4v) is 3.23. The van der Waals surface area contributed by atoms with Gasteiger partial charge in [-0.2, -0.15) is 0 Å². The van der Waals surface area contributed by atoms with Gasteiger partial charge in [-0.25, -0.2) is 0 Å². The average molecular weight is 314 g/mol. The highest BCUT2D eigenvalue weighted by Crippen LogP contribution is 2.35. The number of hydrogen-bond acceptors (Lipinski definition) is 3. The molecule has 23 heavy (non-hydrogen) atoms. The van der Waals surface area contributed by atoms with Gasteiger partial charge in [0.1, 0.15) is 11.8 Å². The zero-order chi connectivity index (χ0) is 16.2. The molecule has 0 aliphatic carbocycles. The van der Waals surface area contributed by atoms with Gasteiger partial charge in [-0.05, 0) is 48.9 Å². The normalized spacial score (nSPS) is 16.6. The smallest absolute Gasteiger partial charge is 0.161 e. The van der Waals surface area contributed by atoms with Crippen molar-refractivity contribution in [3.63, 3.8) is 0 Å². The van der Waals surface area contributed by atoms with Crippen molar-refractivity contribution in [1.29, 1.82) is 0 Å². The van der Waals surface area contributed by atoms with Crippen LogP contribution in [0.3, 0.4) is 0 Å². The van der Waals surface area contributed by atoms with Crippen molar-refractivity contribution in [2.75, 3.05) is 27.4 Å². The standard InChI is InChI=1S/C19H23NO3/c1-4-23-15-7-5-13(6-8-15)19-16-12-18(22-3)17(21-2)11-14(16)9-10-20-19/h5-8,11-12,19-20H,4,9-10H2,1-3H3/p+1/t19-/m0/s1. The highest BCUT2D eigenvalue weighted by atomic mass is 16.5. The molecule has 0 radical (unpaired) electrons. The molecule has 0 bridgehead atoms. The molecule has 0 saturated carbocycles. The minimum absolute atomic E-state index is 0.286. The van der Waals surface area contributed by atoms with Gasteiger partial charge in [0.2, 0.25) is 0 Å². The van der Waals surface area contributed by atoms with E-state index in [1.807, 2.05) is 19.1 Å². The predicted octanol–water partition coefficient (Wildman–Crippen LogP) is 2.31. The molecule has 2 aromatic rings. The lowest BCUT2D eigenvalue weighted by molar-refractivity contribution is -0.690. The third-order valence-corrected chi connectivity index (χ3v) is 4.35. The van der Waals surface area contributed by atoms with E-state index >= 15 is 0 Å². The molecule has 1 heterocycles. The fraction of sp³-hybridized carbons (Fsp3) is 0.368. The molecule has 1 aliphatic rings. The molecular weight excluding hydrogens is 290 g/mol. The summed E-state index contributed by atoms with van der Waals surface area (Å²) in [4.78, 5) is 0. The molecule has 2 aromatic carbocycles. The molecule has 0 spiro atoms. The molecule has 4 heteroatoms. The lowest BCUT2D eigenvalue weighted by Gasteiger charge is -2.25. The van der Waals surface area contributed by atoms with E-state index in [4.69, 9.17) is 14.2 Å². The maximum Gasteiger partial charge on any atom is 0.161 e. The first-order valence-electron chi connectivity index (χ1n) is 8.07. The minimum Gasteiger partial charge on any atom is -0.494 e. The lowest BCUT2D eigenvalue weighted by Crippen LogP contribution is -2.87. The van der Waals surface area contributed by atoms with Gasteiger partial charge in [0, 0.05) is 17.5 Å². The van der Waals surface area contributed by atoms with Crippen molar-refractivity contribution in [1.82, 2.24) is 0 Å². The first-order valence-corrected chi connectivity index (χ1v) is 8.07. The van der Waals surface area contributed by atoms with Crippen LogP contribution in [0.1, 0.15) is 29.7 Å². The van der Waals surface area contributed by atoms with Crippen LogP contribution in [-0.2, 0) is 6.42 Å². The quantitative estimate of drug-likeness (QED) is 0.921. The van der Waals surface area contributed by atoms with Crippen molar-refractivity contribution in [3.8, 4) is 17.2 Å². The number of hydrogen-bond donors (Lipinski definition) is 1. The molecule has 122 valence electrons. The number of nitrogens with two attached hydrogens (primary N) is 1. The van der Waals surface area contributed by atoms with E-state index in [1.165, 1.54) is 16.7 Å². The Morgan fingerprint density at radius 3 is 2.39 bits per heavy atom. The van der Waals surface area contributed by atoms with Crippen LogP contribution in [0.15, 0.2) is 36.4 Å². The molecule has 4 nitrogen and oxygen atoms in total. The summed E-state index contributed by atoms with van der Waals surface area (Å²) in [6.07, 6.45) is 1.04. The van der Waals surface area contributed by atoms with Gasteiger partial charge >= 0.3 is 0 Å². The largest absolute Gasteiger partial charge is 0.494 e. The first-order chi connectivity index (χ1) is 11.3. The number of ether oxygens (including phenoxy) is 3. The van der Waals surface area contributed by atoms with E-state index < -0.39 is 0 Å². The molecule has 0 aromatic heterocycles. The summed E-state index contributed by atoms with van der Waals surface area (Å²) in [6.45, 7) is 3.76. The number of benzene rings is 2. The Balaban J connectivity index is 1.97. The molecule has 1 aliphatic heterocycles. The molecule has 0 unspecified atom stereocenters. The van der Waals surface area contributed by atoms with Gasteiger partial charge in [-0.1, -0.05) is 0 Å². The van der Waals surface area contributed by atoms with Crippen molar-refractivity contribution < 1.29 is 19.5 Å². The third-order valence-electron chi connectivity index (χ3n) is 4.35. The summed E-state index contributed by atoms with van der Waals surface area (Å²) >= 11 is 0. The van der Waals surface area contributed by atoms with Gasteiger partial charge in [-0.15, -0.1) is 0 Å². The molecule has 0 saturated heterocycles. The van der Waals surface area contributed by atoms with Crippen LogP contribution < -0.4 is 19.5 Å². The van der Waals surface area contributed by atoms with Crippen molar-refractivity contribution in [2.24, 2.45) is 0 Å². The van der Waals surface area contributed by atoms with Crippen LogP contribution in [0.4, 0.5) is 0 Å². The van der Waals surface area contributed by atoms with Gasteiger partial charge in [0.15, 0.2) is 11.5 Å². The van der Waals surface area contributed by atoms with Crippen LogP contribution in [0.2, 0.25) is 0 Å². The fourth-order valence-electron chi connectivity index (χ4n) is 3.23. The van der Waals surface area contributed by atoms with E-state index in [9.17, 15) is 0 Å². The molecule has 0 amide bonds. The number of fused-ring (bicyclic) bond motifs is 1. The highest BCUT2D eigenvalue weighted by Gasteiger charge is 2.27. The Labute approximate surface area is 137 Å². The van der Waals surface area contributed by atoms with E-state index in [-0.39, 0.29) is 6.04 Å². The Morgan fingerprint density at radius 1 is 1.04 bits per heavy atom. The van der Waals surface area contributed by atoms with Crippen LogP contribution in [0, 0.1) is 0 Å². The second-order valence-electron chi connectivity index (χ2n) is 5.66. The SMILES string of the molecule is CCOc1ccc([C@@H]2[NH2+]CCc3cc(OC)c(OC)cc32)cc1. The van der Waals surface area contributed by atoms with Crippen molar-refractivity contribution >= 4 is 0 Å². The van der Waals surface area contributed by atoms with E-state index in [0.717, 1.165) is 30.2 Å². The van der Waals surface area contributed by atoms with Crippen LogP contribution >= 0.6 is 0 Å². The number of quaternary nitrogens is 1. The maximum atomic E-state index is 5.54. The predicted molar refractivity (Wildman–Crippen MR) is 89.5 cm³/mol. The van der Waals surface area contributed by atoms with Crippen LogP contribution in [0.25, 0.3) is 0 Å². The Kier molecular flexibility index (Phi) is 4.72. The average Bonchev–Trinajstić information content (AvgIpc) is 2.61. The number of methoxy groups -OCH3 is 2. The molecule has 1 atom stereocenters. The second kappa shape index (κ2) is 6.92. The number of rotatable bonds is 5. The molecule has 3 rings (SSSR count). The second-order valence-corrected chi connectivity index (χ2v) is 5.66. The lowest BCUT2D eigenvalue weighted by atomic mass is 9.89. The van der Waals surface area contributed by atoms with Crippen molar-refractivity contribution in [3.05, 3.63) is 53.1 Å².